The molecule has 0 bridgehead atoms. The van der Waals surface area contributed by atoms with Gasteiger partial charge >= 0.3 is 124 Å². The van der Waals surface area contributed by atoms with Gasteiger partial charge in [-0.2, -0.15) is 0 Å². The molecule has 0 aliphatic carbocycles. The van der Waals surface area contributed by atoms with E-state index in [4.69, 9.17) is 4.98 Å². The number of piperidine rings is 2. The maximum absolute atomic E-state index is 11.4. The monoisotopic (exact) mass is 1180 g/mol. The van der Waals surface area contributed by atoms with Gasteiger partial charge in [0.15, 0.2) is 0 Å². The van der Waals surface area contributed by atoms with Crippen LogP contribution in [-0.2, 0) is 20.0 Å². The van der Waals surface area contributed by atoms with Gasteiger partial charge in [0.2, 0.25) is 20.0 Å². The van der Waals surface area contributed by atoms with Crippen LogP contribution in [0.1, 0.15) is 92.4 Å². The minimum atomic E-state index is -3.18. The molecular weight excluding hydrogens is 1100 g/mol. The van der Waals surface area contributed by atoms with Crippen molar-refractivity contribution in [1.82, 2.24) is 39.3 Å². The van der Waals surface area contributed by atoms with Crippen LogP contribution in [0, 0.1) is 11.8 Å². The van der Waals surface area contributed by atoms with Gasteiger partial charge in [0, 0.05) is 66.3 Å². The van der Waals surface area contributed by atoms with Crippen LogP contribution in [0.2, 0.25) is 13.3 Å². The molecule has 2 fully saturated rings. The molecule has 0 radical (unpaired) electrons. The summed E-state index contributed by atoms with van der Waals surface area (Å²) in [5.41, 5.74) is 3.74. The molecule has 0 amide bonds. The van der Waals surface area contributed by atoms with Crippen molar-refractivity contribution < 1.29 is 16.8 Å². The second kappa shape index (κ2) is 28.5. The van der Waals surface area contributed by atoms with Crippen molar-refractivity contribution in [2.24, 2.45) is 11.8 Å². The van der Waals surface area contributed by atoms with E-state index in [0.29, 0.717) is 13.1 Å². The van der Waals surface area contributed by atoms with Gasteiger partial charge < -0.3 is 9.80 Å². The van der Waals surface area contributed by atoms with E-state index in [0.717, 1.165) is 101 Å². The maximum atomic E-state index is 11.4. The Morgan fingerprint density at radius 1 is 0.620 bits per heavy atom. The number of hydrogen-bond donors (Lipinski definition) is 2. The number of benzene rings is 2. The minimum Gasteiger partial charge on any atom is -0.356 e. The van der Waals surface area contributed by atoms with Crippen molar-refractivity contribution in [3.63, 3.8) is 0 Å². The molecule has 4 aromatic heterocycles. The molecule has 386 valence electrons. The number of unbranched alkanes of at least 4 members (excludes halogenated alkanes) is 3. The molecule has 2 aliphatic rings. The number of rotatable bonds is 19. The van der Waals surface area contributed by atoms with Crippen molar-refractivity contribution in [2.45, 2.75) is 106 Å². The fourth-order valence-electron chi connectivity index (χ4n) is 9.62. The largest absolute Gasteiger partial charge is 0.356 e. The topological polar surface area (TPSA) is 176 Å². The van der Waals surface area contributed by atoms with Crippen LogP contribution in [0.15, 0.2) is 102 Å². The van der Waals surface area contributed by atoms with E-state index in [2.05, 4.69) is 105 Å². The zero-order valence-corrected chi connectivity index (χ0v) is 47.8. The number of anilines is 2. The van der Waals surface area contributed by atoms with Crippen molar-refractivity contribution in [2.75, 3.05) is 61.6 Å². The first kappa shape index (κ1) is 58.0. The summed E-state index contributed by atoms with van der Waals surface area (Å²) in [4.78, 5) is 31.5. The molecule has 0 saturated carbocycles. The second-order valence-electron chi connectivity index (χ2n) is 19.0. The van der Waals surface area contributed by atoms with Gasteiger partial charge in [0.05, 0.1) is 29.2 Å². The summed E-state index contributed by atoms with van der Waals surface area (Å²) >= 11 is 1.29. The standard InChI is InChI=1S/C20H23N5O2S.C15H19BrN4O2S.C5H4N.3C4H9.CH4.Sn/c1-28(26,27)24-12-15-5-4-10-25(13-15)20-17-11-16(18-6-2-3-9-21-18)7-8-19(17)22-14-23-20;1-23(21,22)19-8-11-3-2-6-20(9-11)15-13-7-12(16)4-5-14(13)17-10-18-15;1-2-4-6-5-3-1;3*1-3-4-2;;/h2-3,6-9,11,14-15,24H,4-5,10,12-13H2,1H3;4-5,7,10-11,19H,2-3,6,8-9H2,1H3;1-4H;3*1,3-4H2,2H3;1H4;. The van der Waals surface area contributed by atoms with Crippen LogP contribution in [0.4, 0.5) is 11.6 Å². The smallest absolute Gasteiger partial charge is 0.208 e. The molecule has 14 nitrogen and oxygen atoms in total. The van der Waals surface area contributed by atoms with Crippen LogP contribution in [0.25, 0.3) is 33.1 Å². The summed E-state index contributed by atoms with van der Waals surface area (Å²) < 4.78 is 57.8. The van der Waals surface area contributed by atoms with Crippen molar-refractivity contribution >= 4 is 91.5 Å². The molecule has 0 spiro atoms. The SMILES string of the molecule is C.CCC[CH2][Sn]([CH2]CCC)([CH2]CCC)[c]1ccccn1.CS(=O)(=O)NCC1CCCN(c2ncnc3ccc(-c4ccccn4)cc23)C1.CS(=O)(=O)NCC1CCCN(c2ncnc3ccc(Br)cc23)C1. The second-order valence-corrected chi connectivity index (χ2v) is 36.6. The van der Waals surface area contributed by atoms with E-state index in [1.165, 1.54) is 64.3 Å². The number of hydrogen-bond acceptors (Lipinski definition) is 12. The average molecular weight is 1180 g/mol. The van der Waals surface area contributed by atoms with E-state index in [-0.39, 0.29) is 19.3 Å². The summed E-state index contributed by atoms with van der Waals surface area (Å²) in [7, 11) is -6.32. The fourth-order valence-corrected chi connectivity index (χ4v) is 26.5. The molecule has 8 rings (SSSR count). The molecule has 2 N–H and O–H groups in total. The van der Waals surface area contributed by atoms with Gasteiger partial charge in [0.25, 0.3) is 0 Å². The molecule has 2 atom stereocenters. The normalized spacial score (nSPS) is 16.4. The van der Waals surface area contributed by atoms with Crippen molar-refractivity contribution in [3.05, 3.63) is 102 Å². The Bertz CT molecular complexity index is 2760. The Hall–Kier alpha value is -3.88. The summed E-state index contributed by atoms with van der Waals surface area (Å²) in [6.45, 7) is 11.3. The molecule has 6 heterocycles. The van der Waals surface area contributed by atoms with E-state index in [1.54, 1.807) is 22.6 Å². The fraction of sp³-hybridized carbons (Fsp3) is 0.509. The number of nitrogens with one attached hydrogen (secondary N) is 2. The number of aromatic nitrogens is 6. The van der Waals surface area contributed by atoms with Crippen LogP contribution < -0.4 is 23.0 Å². The van der Waals surface area contributed by atoms with Gasteiger partial charge in [-0.25, -0.2) is 46.2 Å². The Kier molecular flexibility index (Phi) is 23.3. The van der Waals surface area contributed by atoms with Gasteiger partial charge in [-0.05, 0) is 80.0 Å². The average Bonchev–Trinajstić information content (AvgIpc) is 3.37. The van der Waals surface area contributed by atoms with E-state index >= 15 is 0 Å². The Labute approximate surface area is 437 Å². The van der Waals surface area contributed by atoms with Crippen LogP contribution in [-0.4, -0.2) is 117 Å². The number of nitrogens with zero attached hydrogens (tertiary/aromatic N) is 8. The first-order valence-electron chi connectivity index (χ1n) is 25.1. The molecule has 2 aromatic carbocycles. The molecule has 2 unspecified atom stereocenters. The van der Waals surface area contributed by atoms with Crippen LogP contribution >= 0.6 is 15.9 Å². The number of fused-ring (bicyclic) bond motifs is 2. The summed E-state index contributed by atoms with van der Waals surface area (Å²) in [6, 6.07) is 24.6. The predicted molar refractivity (Wildman–Crippen MR) is 301 cm³/mol. The molecule has 18 heteroatoms. The first-order valence-corrected chi connectivity index (χ1v) is 37.1. The van der Waals surface area contributed by atoms with Crippen molar-refractivity contribution in [1.29, 1.82) is 0 Å². The molecular formula is C53H77BrN10O4S2Sn. The van der Waals surface area contributed by atoms with Crippen LogP contribution in [0.5, 0.6) is 0 Å². The predicted octanol–water partition coefficient (Wildman–Crippen LogP) is 10.4. The summed E-state index contributed by atoms with van der Waals surface area (Å²) in [6.07, 6.45) is 21.7. The third kappa shape index (κ3) is 17.9. The third-order valence-electron chi connectivity index (χ3n) is 13.3. The van der Waals surface area contributed by atoms with Crippen LogP contribution in [0.3, 0.4) is 0 Å². The zero-order valence-electron chi connectivity index (χ0n) is 41.7. The summed E-state index contributed by atoms with van der Waals surface area (Å²) in [5, 5.41) is 2.00. The molecule has 6 aromatic rings. The van der Waals surface area contributed by atoms with E-state index < -0.39 is 38.4 Å². The molecule has 71 heavy (non-hydrogen) atoms. The minimum absolute atomic E-state index is 0. The Morgan fingerprint density at radius 3 is 1.58 bits per heavy atom. The van der Waals surface area contributed by atoms with Gasteiger partial charge in [0.1, 0.15) is 24.3 Å². The number of pyridine rings is 2. The Balaban J connectivity index is 0.000000201. The number of sulfonamides is 2. The van der Waals surface area contributed by atoms with Crippen molar-refractivity contribution in [3.8, 4) is 11.3 Å². The molecule has 2 aliphatic heterocycles. The van der Waals surface area contributed by atoms with Gasteiger partial charge in [-0.15, -0.1) is 0 Å². The molecule has 2 saturated heterocycles. The van der Waals surface area contributed by atoms with Gasteiger partial charge in [-0.3, -0.25) is 4.98 Å². The zero-order chi connectivity index (χ0) is 50.0. The summed E-state index contributed by atoms with van der Waals surface area (Å²) in [5.74, 6) is 2.36. The van der Waals surface area contributed by atoms with Gasteiger partial charge in [-0.1, -0.05) is 35.5 Å². The maximum Gasteiger partial charge on any atom is 0.208 e. The van der Waals surface area contributed by atoms with E-state index in [1.807, 2.05) is 54.7 Å². The third-order valence-corrected chi connectivity index (χ3v) is 30.3. The number of halogens is 1. The first-order chi connectivity index (χ1) is 33.7. The Morgan fingerprint density at radius 2 is 1.11 bits per heavy atom. The quantitative estimate of drug-likeness (QED) is 0.0735. The van der Waals surface area contributed by atoms with E-state index in [9.17, 15) is 16.8 Å².